The van der Waals surface area contributed by atoms with Crippen LogP contribution in [-0.4, -0.2) is 0 Å². The highest BCUT2D eigenvalue weighted by molar-refractivity contribution is 5.64. The molecular formula is C19H24. The summed E-state index contributed by atoms with van der Waals surface area (Å²) in [5.41, 5.74) is 5.80. The molecule has 0 radical (unpaired) electrons. The van der Waals surface area contributed by atoms with Gasteiger partial charge in [0.15, 0.2) is 0 Å². The third-order valence-corrected chi connectivity index (χ3v) is 3.36. The minimum absolute atomic E-state index is 0.351. The summed E-state index contributed by atoms with van der Waals surface area (Å²) >= 11 is 0. The molecule has 19 heavy (non-hydrogen) atoms. The van der Waals surface area contributed by atoms with Crippen LogP contribution >= 0.6 is 0 Å². The molecule has 2 rings (SSSR count). The summed E-state index contributed by atoms with van der Waals surface area (Å²) in [6, 6.07) is 17.8. The average Bonchev–Trinajstić information content (AvgIpc) is 2.38. The summed E-state index contributed by atoms with van der Waals surface area (Å²) in [7, 11) is 0. The predicted molar refractivity (Wildman–Crippen MR) is 84.4 cm³/mol. The Morgan fingerprint density at radius 2 is 1.47 bits per heavy atom. The van der Waals surface area contributed by atoms with Gasteiger partial charge in [0.1, 0.15) is 0 Å². The van der Waals surface area contributed by atoms with E-state index in [2.05, 4.69) is 76.2 Å². The Morgan fingerprint density at radius 3 is 2.05 bits per heavy atom. The van der Waals surface area contributed by atoms with E-state index < -0.39 is 0 Å². The van der Waals surface area contributed by atoms with E-state index in [-0.39, 0.29) is 0 Å². The molecule has 0 nitrogen and oxygen atoms in total. The van der Waals surface area contributed by atoms with Gasteiger partial charge in [-0.15, -0.1) is 0 Å². The van der Waals surface area contributed by atoms with Gasteiger partial charge in [-0.25, -0.2) is 0 Å². The molecule has 0 spiro atoms. The van der Waals surface area contributed by atoms with Gasteiger partial charge in [0, 0.05) is 0 Å². The fraction of sp³-hybridized carbons (Fsp3) is 0.368. The normalized spacial score (nSPS) is 11.6. The van der Waals surface area contributed by atoms with E-state index in [1.807, 2.05) is 0 Å². The second kappa shape index (κ2) is 5.61. The largest absolute Gasteiger partial charge is 0.0614 e. The van der Waals surface area contributed by atoms with Gasteiger partial charge in [-0.1, -0.05) is 76.2 Å². The lowest BCUT2D eigenvalue weighted by Crippen LogP contribution is -2.08. The smallest absolute Gasteiger partial charge is 0.0181 e. The zero-order valence-corrected chi connectivity index (χ0v) is 12.5. The first-order valence-electron chi connectivity index (χ1n) is 7.16. The first-order valence-corrected chi connectivity index (χ1v) is 7.16. The van der Waals surface area contributed by atoms with E-state index in [4.69, 9.17) is 0 Å². The third kappa shape index (κ3) is 3.96. The summed E-state index contributed by atoms with van der Waals surface area (Å²) in [6.07, 6.45) is 2.22. The molecule has 0 aliphatic carbocycles. The Hall–Kier alpha value is -1.56. The molecule has 0 aromatic heterocycles. The molecule has 0 aliphatic heterocycles. The monoisotopic (exact) mass is 252 g/mol. The van der Waals surface area contributed by atoms with E-state index in [0.717, 1.165) is 12.8 Å². The van der Waals surface area contributed by atoms with E-state index in [9.17, 15) is 0 Å². The first-order chi connectivity index (χ1) is 8.98. The Balaban J connectivity index is 2.22. The van der Waals surface area contributed by atoms with Crippen molar-refractivity contribution in [1.82, 2.24) is 0 Å². The lowest BCUT2D eigenvalue weighted by molar-refractivity contribution is 0.411. The molecule has 0 amide bonds. The highest BCUT2D eigenvalue weighted by Crippen LogP contribution is 2.24. The van der Waals surface area contributed by atoms with Crippen LogP contribution in [0.5, 0.6) is 0 Å². The zero-order valence-electron chi connectivity index (χ0n) is 12.5. The zero-order chi connectivity index (χ0) is 13.9. The summed E-state index contributed by atoms with van der Waals surface area (Å²) < 4.78 is 0. The van der Waals surface area contributed by atoms with Gasteiger partial charge in [-0.3, -0.25) is 0 Å². The molecule has 0 bridgehead atoms. The van der Waals surface area contributed by atoms with Crippen molar-refractivity contribution in [3.05, 3.63) is 59.7 Å². The number of hydrogen-bond acceptors (Lipinski definition) is 0. The fourth-order valence-electron chi connectivity index (χ4n) is 2.40. The maximum absolute atomic E-state index is 2.29. The second-order valence-electron chi connectivity index (χ2n) is 6.49. The van der Waals surface area contributed by atoms with E-state index in [1.54, 1.807) is 0 Å². The highest BCUT2D eigenvalue weighted by Gasteiger charge is 2.11. The summed E-state index contributed by atoms with van der Waals surface area (Å²) in [6.45, 7) is 9.05. The van der Waals surface area contributed by atoms with Crippen molar-refractivity contribution in [3.63, 3.8) is 0 Å². The average molecular weight is 252 g/mol. The van der Waals surface area contributed by atoms with Crippen LogP contribution in [0.25, 0.3) is 11.1 Å². The molecule has 0 heterocycles. The number of aryl methyl sites for hydroxylation is 1. The standard InChI is InChI=1S/C19H24/c1-5-15-7-6-8-18(13-15)17-11-9-16(10-12-17)14-19(2,3)4/h6-13H,5,14H2,1-4H3. The van der Waals surface area contributed by atoms with Gasteiger partial charge in [-0.05, 0) is 40.5 Å². The fourth-order valence-corrected chi connectivity index (χ4v) is 2.40. The van der Waals surface area contributed by atoms with Gasteiger partial charge in [-0.2, -0.15) is 0 Å². The maximum atomic E-state index is 2.29. The minimum atomic E-state index is 0.351. The van der Waals surface area contributed by atoms with E-state index in [1.165, 1.54) is 22.3 Å². The van der Waals surface area contributed by atoms with Crippen LogP contribution in [0.3, 0.4) is 0 Å². The van der Waals surface area contributed by atoms with Gasteiger partial charge >= 0.3 is 0 Å². The minimum Gasteiger partial charge on any atom is -0.0614 e. The molecule has 0 saturated heterocycles. The van der Waals surface area contributed by atoms with Crippen molar-refractivity contribution in [2.45, 2.75) is 40.5 Å². The van der Waals surface area contributed by atoms with Crippen LogP contribution in [0.2, 0.25) is 0 Å². The van der Waals surface area contributed by atoms with Gasteiger partial charge in [0.05, 0.1) is 0 Å². The number of benzene rings is 2. The number of rotatable bonds is 3. The molecular weight excluding hydrogens is 228 g/mol. The molecule has 2 aromatic carbocycles. The van der Waals surface area contributed by atoms with Crippen molar-refractivity contribution in [3.8, 4) is 11.1 Å². The maximum Gasteiger partial charge on any atom is -0.0181 e. The summed E-state index contributed by atoms with van der Waals surface area (Å²) in [4.78, 5) is 0. The third-order valence-electron chi connectivity index (χ3n) is 3.36. The van der Waals surface area contributed by atoms with Crippen LogP contribution in [0.15, 0.2) is 48.5 Å². The van der Waals surface area contributed by atoms with Crippen molar-refractivity contribution in [2.24, 2.45) is 5.41 Å². The molecule has 2 aromatic rings. The molecule has 0 fully saturated rings. The highest BCUT2D eigenvalue weighted by atomic mass is 14.2. The van der Waals surface area contributed by atoms with Gasteiger partial charge in [0.25, 0.3) is 0 Å². The van der Waals surface area contributed by atoms with E-state index >= 15 is 0 Å². The van der Waals surface area contributed by atoms with Crippen molar-refractivity contribution >= 4 is 0 Å². The molecule has 0 aliphatic rings. The molecule has 0 heteroatoms. The molecule has 0 saturated carbocycles. The quantitative estimate of drug-likeness (QED) is 0.676. The van der Waals surface area contributed by atoms with Gasteiger partial charge in [0.2, 0.25) is 0 Å². The van der Waals surface area contributed by atoms with Crippen molar-refractivity contribution in [1.29, 1.82) is 0 Å². The van der Waals surface area contributed by atoms with Crippen molar-refractivity contribution in [2.75, 3.05) is 0 Å². The van der Waals surface area contributed by atoms with E-state index in [0.29, 0.717) is 5.41 Å². The van der Waals surface area contributed by atoms with Gasteiger partial charge < -0.3 is 0 Å². The Labute approximate surface area is 117 Å². The lowest BCUT2D eigenvalue weighted by atomic mass is 9.87. The second-order valence-corrected chi connectivity index (χ2v) is 6.49. The Kier molecular flexibility index (Phi) is 4.09. The van der Waals surface area contributed by atoms with Crippen LogP contribution in [0.4, 0.5) is 0 Å². The van der Waals surface area contributed by atoms with Crippen molar-refractivity contribution < 1.29 is 0 Å². The van der Waals surface area contributed by atoms with Crippen LogP contribution < -0.4 is 0 Å². The summed E-state index contributed by atoms with van der Waals surface area (Å²) in [5.74, 6) is 0. The predicted octanol–water partition coefficient (Wildman–Crippen LogP) is 5.50. The molecule has 0 unspecified atom stereocenters. The topological polar surface area (TPSA) is 0 Å². The Morgan fingerprint density at radius 1 is 0.789 bits per heavy atom. The van der Waals surface area contributed by atoms with Crippen LogP contribution in [0, 0.1) is 5.41 Å². The van der Waals surface area contributed by atoms with Crippen LogP contribution in [0.1, 0.15) is 38.8 Å². The lowest BCUT2D eigenvalue weighted by Gasteiger charge is -2.18. The first kappa shape index (κ1) is 13.9. The number of hydrogen-bond donors (Lipinski definition) is 0. The van der Waals surface area contributed by atoms with Crippen LogP contribution in [-0.2, 0) is 12.8 Å². The molecule has 100 valence electrons. The summed E-state index contributed by atoms with van der Waals surface area (Å²) in [5, 5.41) is 0. The molecule has 0 N–H and O–H groups in total. The molecule has 0 atom stereocenters. The SMILES string of the molecule is CCc1cccc(-c2ccc(CC(C)(C)C)cc2)c1. The Bertz CT molecular complexity index is 527.